The molecule has 0 spiro atoms. The van der Waals surface area contributed by atoms with E-state index in [4.69, 9.17) is 10.5 Å². The third kappa shape index (κ3) is 5.83. The third-order valence-corrected chi connectivity index (χ3v) is 3.09. The summed E-state index contributed by atoms with van der Waals surface area (Å²) < 4.78 is 5.57. The molecule has 0 aliphatic rings. The monoisotopic (exact) mass is 230 g/mol. The molecule has 16 heavy (non-hydrogen) atoms. The number of likely N-dealkylation sites (N-methyl/N-ethyl adjacent to an activating group) is 1. The zero-order valence-electron chi connectivity index (χ0n) is 11.9. The van der Waals surface area contributed by atoms with Gasteiger partial charge in [0.2, 0.25) is 0 Å². The molecule has 0 aromatic heterocycles. The fourth-order valence-corrected chi connectivity index (χ4v) is 1.97. The van der Waals surface area contributed by atoms with E-state index in [2.05, 4.69) is 46.6 Å². The van der Waals surface area contributed by atoms with E-state index in [1.807, 2.05) is 0 Å². The average molecular weight is 230 g/mol. The quantitative estimate of drug-likeness (QED) is 0.694. The lowest BCUT2D eigenvalue weighted by Crippen LogP contribution is -2.51. The van der Waals surface area contributed by atoms with E-state index in [9.17, 15) is 0 Å². The molecular formula is C13H30N2O. The first-order chi connectivity index (χ1) is 7.31. The summed E-state index contributed by atoms with van der Waals surface area (Å²) in [5.41, 5.74) is 6.00. The molecule has 0 aliphatic heterocycles. The molecule has 0 aliphatic carbocycles. The van der Waals surface area contributed by atoms with E-state index in [0.29, 0.717) is 18.6 Å². The molecule has 0 radical (unpaired) electrons. The summed E-state index contributed by atoms with van der Waals surface area (Å²) in [6, 6.07) is 0. The highest BCUT2D eigenvalue weighted by molar-refractivity contribution is 4.86. The van der Waals surface area contributed by atoms with Gasteiger partial charge in [0.15, 0.2) is 0 Å². The van der Waals surface area contributed by atoms with Crippen molar-refractivity contribution in [1.29, 1.82) is 0 Å². The lowest BCUT2D eigenvalue weighted by molar-refractivity contribution is 0.0338. The van der Waals surface area contributed by atoms with Crippen LogP contribution >= 0.6 is 0 Å². The Balaban J connectivity index is 4.13. The van der Waals surface area contributed by atoms with Gasteiger partial charge in [0.25, 0.3) is 0 Å². The minimum atomic E-state index is 0.0918. The van der Waals surface area contributed by atoms with Crippen molar-refractivity contribution in [1.82, 2.24) is 4.90 Å². The molecular weight excluding hydrogens is 200 g/mol. The second kappa shape index (κ2) is 7.25. The normalized spacial score (nSPS) is 16.1. The van der Waals surface area contributed by atoms with Gasteiger partial charge in [-0.3, -0.25) is 4.90 Å². The van der Waals surface area contributed by atoms with Crippen molar-refractivity contribution >= 4 is 0 Å². The van der Waals surface area contributed by atoms with Gasteiger partial charge in [-0.1, -0.05) is 13.8 Å². The Hall–Kier alpha value is -0.120. The van der Waals surface area contributed by atoms with Crippen LogP contribution in [0.15, 0.2) is 0 Å². The van der Waals surface area contributed by atoms with Crippen LogP contribution in [0.5, 0.6) is 0 Å². The molecule has 0 rings (SSSR count). The number of nitrogens with zero attached hydrogens (tertiary/aromatic N) is 1. The van der Waals surface area contributed by atoms with E-state index in [-0.39, 0.29) is 5.54 Å². The molecule has 0 bridgehead atoms. The first-order valence-corrected chi connectivity index (χ1v) is 6.34. The van der Waals surface area contributed by atoms with Gasteiger partial charge in [0.05, 0.1) is 12.7 Å². The molecule has 2 N–H and O–H groups in total. The molecule has 3 heteroatoms. The lowest BCUT2D eigenvalue weighted by atomic mass is 9.89. The predicted molar refractivity (Wildman–Crippen MR) is 70.6 cm³/mol. The van der Waals surface area contributed by atoms with Gasteiger partial charge in [-0.2, -0.15) is 0 Å². The molecule has 0 aromatic carbocycles. The van der Waals surface area contributed by atoms with Gasteiger partial charge in [-0.25, -0.2) is 0 Å². The largest absolute Gasteiger partial charge is 0.377 e. The van der Waals surface area contributed by atoms with Crippen molar-refractivity contribution < 1.29 is 4.74 Å². The van der Waals surface area contributed by atoms with Crippen LogP contribution in [0.2, 0.25) is 0 Å². The molecule has 0 heterocycles. The smallest absolute Gasteiger partial charge is 0.0597 e. The standard InChI is InChI=1S/C13H30N2O/c1-11(2)9-13(5,10-14)15(6)7-8-16-12(3)4/h11-12H,7-10,14H2,1-6H3. The molecule has 0 saturated heterocycles. The minimum Gasteiger partial charge on any atom is -0.377 e. The second-order valence-corrected chi connectivity index (χ2v) is 5.64. The van der Waals surface area contributed by atoms with Crippen LogP contribution in [0.25, 0.3) is 0 Å². The Morgan fingerprint density at radius 2 is 1.81 bits per heavy atom. The van der Waals surface area contributed by atoms with Gasteiger partial charge in [0.1, 0.15) is 0 Å². The van der Waals surface area contributed by atoms with Crippen LogP contribution in [0.3, 0.4) is 0 Å². The van der Waals surface area contributed by atoms with Crippen LogP contribution < -0.4 is 5.73 Å². The van der Waals surface area contributed by atoms with Crippen molar-refractivity contribution in [3.05, 3.63) is 0 Å². The van der Waals surface area contributed by atoms with Gasteiger partial charge in [0, 0.05) is 18.6 Å². The Labute approximate surface area is 101 Å². The summed E-state index contributed by atoms with van der Waals surface area (Å²) in [7, 11) is 2.14. The van der Waals surface area contributed by atoms with Crippen LogP contribution in [0.4, 0.5) is 0 Å². The van der Waals surface area contributed by atoms with Gasteiger partial charge in [-0.15, -0.1) is 0 Å². The molecule has 0 aromatic rings. The first kappa shape index (κ1) is 15.9. The molecule has 1 atom stereocenters. The number of hydrogen-bond acceptors (Lipinski definition) is 3. The maximum atomic E-state index is 5.91. The summed E-state index contributed by atoms with van der Waals surface area (Å²) in [5, 5.41) is 0. The lowest BCUT2D eigenvalue weighted by Gasteiger charge is -2.39. The van der Waals surface area contributed by atoms with E-state index in [1.165, 1.54) is 0 Å². The zero-order valence-corrected chi connectivity index (χ0v) is 11.9. The van der Waals surface area contributed by atoms with Crippen LogP contribution in [-0.2, 0) is 4.74 Å². The van der Waals surface area contributed by atoms with Crippen LogP contribution in [0.1, 0.15) is 41.0 Å². The summed E-state index contributed by atoms with van der Waals surface area (Å²) in [5.74, 6) is 0.669. The first-order valence-electron chi connectivity index (χ1n) is 6.34. The minimum absolute atomic E-state index is 0.0918. The highest BCUT2D eigenvalue weighted by Crippen LogP contribution is 2.21. The SMILES string of the molecule is CC(C)CC(C)(CN)N(C)CCOC(C)C. The molecule has 0 saturated carbocycles. The summed E-state index contributed by atoms with van der Waals surface area (Å²) in [6.07, 6.45) is 1.43. The van der Waals surface area contributed by atoms with E-state index in [1.54, 1.807) is 0 Å². The van der Waals surface area contributed by atoms with Gasteiger partial charge < -0.3 is 10.5 Å². The van der Waals surface area contributed by atoms with Gasteiger partial charge in [-0.05, 0) is 40.2 Å². The molecule has 1 unspecified atom stereocenters. The van der Waals surface area contributed by atoms with Crippen molar-refractivity contribution in [3.8, 4) is 0 Å². The van der Waals surface area contributed by atoms with Crippen LogP contribution in [-0.4, -0.2) is 43.3 Å². The van der Waals surface area contributed by atoms with E-state index in [0.717, 1.165) is 19.6 Å². The molecule has 98 valence electrons. The van der Waals surface area contributed by atoms with Gasteiger partial charge >= 0.3 is 0 Å². The Morgan fingerprint density at radius 3 is 2.19 bits per heavy atom. The Kier molecular flexibility index (Phi) is 7.20. The topological polar surface area (TPSA) is 38.5 Å². The van der Waals surface area contributed by atoms with Crippen molar-refractivity contribution in [2.24, 2.45) is 11.7 Å². The highest BCUT2D eigenvalue weighted by atomic mass is 16.5. The number of rotatable bonds is 8. The second-order valence-electron chi connectivity index (χ2n) is 5.64. The average Bonchev–Trinajstić information content (AvgIpc) is 2.15. The van der Waals surface area contributed by atoms with Crippen LogP contribution in [0, 0.1) is 5.92 Å². The fourth-order valence-electron chi connectivity index (χ4n) is 1.97. The number of nitrogens with two attached hydrogens (primary N) is 1. The number of ether oxygens (including phenoxy) is 1. The highest BCUT2D eigenvalue weighted by Gasteiger charge is 2.28. The van der Waals surface area contributed by atoms with Crippen molar-refractivity contribution in [2.45, 2.75) is 52.7 Å². The Bertz CT molecular complexity index is 183. The summed E-state index contributed by atoms with van der Waals surface area (Å²) >= 11 is 0. The third-order valence-electron chi connectivity index (χ3n) is 3.09. The Morgan fingerprint density at radius 1 is 1.25 bits per heavy atom. The summed E-state index contributed by atoms with van der Waals surface area (Å²) in [6.45, 7) is 13.3. The molecule has 0 fully saturated rings. The molecule has 3 nitrogen and oxygen atoms in total. The van der Waals surface area contributed by atoms with Crippen molar-refractivity contribution in [2.75, 3.05) is 26.7 Å². The maximum Gasteiger partial charge on any atom is 0.0597 e. The zero-order chi connectivity index (χ0) is 12.8. The predicted octanol–water partition coefficient (Wildman–Crippen LogP) is 2.11. The molecule has 0 amide bonds. The maximum absolute atomic E-state index is 5.91. The van der Waals surface area contributed by atoms with E-state index < -0.39 is 0 Å². The van der Waals surface area contributed by atoms with E-state index >= 15 is 0 Å². The number of hydrogen-bond donors (Lipinski definition) is 1. The summed E-state index contributed by atoms with van der Waals surface area (Å²) in [4.78, 5) is 2.33. The fraction of sp³-hybridized carbons (Fsp3) is 1.00. The van der Waals surface area contributed by atoms with Crippen molar-refractivity contribution in [3.63, 3.8) is 0 Å².